The molecule has 1 saturated heterocycles. The maximum atomic E-state index is 4.90. The molecule has 0 saturated carbocycles. The van der Waals surface area contributed by atoms with Gasteiger partial charge in [-0.3, -0.25) is 9.89 Å². The van der Waals surface area contributed by atoms with E-state index in [-0.39, 0.29) is 0 Å². The van der Waals surface area contributed by atoms with Gasteiger partial charge < -0.3 is 15.2 Å². The molecule has 7 heteroatoms. The number of rotatable bonds is 12. The standard InChI is InChI=1S/C20H39N7/c1-4-7-8-9-12-21-20(23-16-18-11-10-14-26(18)6-3)22-13-15-27-17-24-25-19(27)5-2/h17-18H,4-16H2,1-3H3,(H2,21,22,23). The molecule has 1 unspecified atom stereocenters. The van der Waals surface area contributed by atoms with E-state index in [0.29, 0.717) is 6.04 Å². The highest BCUT2D eigenvalue weighted by Gasteiger charge is 2.22. The van der Waals surface area contributed by atoms with E-state index in [1.807, 2.05) is 6.33 Å². The Bertz CT molecular complexity index is 540. The third kappa shape index (κ3) is 7.48. The van der Waals surface area contributed by atoms with Crippen LogP contribution in [0.15, 0.2) is 11.3 Å². The maximum Gasteiger partial charge on any atom is 0.191 e. The van der Waals surface area contributed by atoms with Crippen molar-refractivity contribution in [1.29, 1.82) is 0 Å². The molecular formula is C20H39N7. The van der Waals surface area contributed by atoms with Crippen LogP contribution < -0.4 is 10.6 Å². The van der Waals surface area contributed by atoms with E-state index in [0.717, 1.165) is 50.9 Å². The summed E-state index contributed by atoms with van der Waals surface area (Å²) in [5, 5.41) is 15.2. The monoisotopic (exact) mass is 377 g/mol. The Labute approximate surface area is 165 Å². The van der Waals surface area contributed by atoms with Crippen molar-refractivity contribution >= 4 is 5.96 Å². The van der Waals surface area contributed by atoms with Crippen molar-refractivity contribution in [3.63, 3.8) is 0 Å². The molecule has 2 N–H and O–H groups in total. The molecule has 7 nitrogen and oxygen atoms in total. The number of nitrogens with one attached hydrogen (secondary N) is 2. The van der Waals surface area contributed by atoms with Gasteiger partial charge in [0.15, 0.2) is 5.96 Å². The molecule has 154 valence electrons. The molecule has 1 aromatic rings. The Balaban J connectivity index is 1.83. The SMILES string of the molecule is CCCCCCNC(=NCC1CCCN1CC)NCCn1cnnc1CC. The van der Waals surface area contributed by atoms with Crippen LogP contribution in [0.4, 0.5) is 0 Å². The molecule has 1 aliphatic rings. The van der Waals surface area contributed by atoms with E-state index < -0.39 is 0 Å². The van der Waals surface area contributed by atoms with Crippen LogP contribution in [0.3, 0.4) is 0 Å². The van der Waals surface area contributed by atoms with Crippen molar-refractivity contribution in [3.05, 3.63) is 12.2 Å². The van der Waals surface area contributed by atoms with Gasteiger partial charge in [-0.05, 0) is 32.4 Å². The molecule has 2 heterocycles. The average molecular weight is 378 g/mol. The minimum Gasteiger partial charge on any atom is -0.356 e. The van der Waals surface area contributed by atoms with Crippen molar-refractivity contribution < 1.29 is 0 Å². The normalized spacial score (nSPS) is 18.2. The fourth-order valence-corrected chi connectivity index (χ4v) is 3.68. The largest absolute Gasteiger partial charge is 0.356 e. The summed E-state index contributed by atoms with van der Waals surface area (Å²) in [7, 11) is 0. The van der Waals surface area contributed by atoms with E-state index >= 15 is 0 Å². The third-order valence-corrected chi connectivity index (χ3v) is 5.35. The summed E-state index contributed by atoms with van der Waals surface area (Å²) in [4.78, 5) is 7.44. The van der Waals surface area contributed by atoms with E-state index in [1.54, 1.807) is 0 Å². The summed E-state index contributed by atoms with van der Waals surface area (Å²) in [5.74, 6) is 1.98. The van der Waals surface area contributed by atoms with Gasteiger partial charge in [-0.2, -0.15) is 0 Å². The first-order valence-corrected chi connectivity index (χ1v) is 10.9. The zero-order chi connectivity index (χ0) is 19.3. The van der Waals surface area contributed by atoms with Crippen LogP contribution in [0.5, 0.6) is 0 Å². The van der Waals surface area contributed by atoms with Gasteiger partial charge in [-0.15, -0.1) is 10.2 Å². The summed E-state index contributed by atoms with van der Waals surface area (Å²) in [6.45, 7) is 12.5. The van der Waals surface area contributed by atoms with Crippen molar-refractivity contribution in [2.24, 2.45) is 4.99 Å². The molecule has 0 amide bonds. The molecule has 2 rings (SSSR count). The molecule has 1 aliphatic heterocycles. The molecular weight excluding hydrogens is 338 g/mol. The lowest BCUT2D eigenvalue weighted by molar-refractivity contribution is 0.273. The third-order valence-electron chi connectivity index (χ3n) is 5.35. The van der Waals surface area contributed by atoms with Gasteiger partial charge in [-0.25, -0.2) is 0 Å². The molecule has 27 heavy (non-hydrogen) atoms. The quantitative estimate of drug-likeness (QED) is 0.333. The number of hydrogen-bond donors (Lipinski definition) is 2. The second kappa shape index (κ2) is 12.7. The number of aromatic nitrogens is 3. The van der Waals surface area contributed by atoms with Gasteiger partial charge in [0.1, 0.15) is 12.2 Å². The van der Waals surface area contributed by atoms with Crippen LogP contribution >= 0.6 is 0 Å². The smallest absolute Gasteiger partial charge is 0.191 e. The Morgan fingerprint density at radius 1 is 1.19 bits per heavy atom. The number of aliphatic imine (C=N–C) groups is 1. The lowest BCUT2D eigenvalue weighted by Gasteiger charge is -2.21. The van der Waals surface area contributed by atoms with Crippen LogP contribution in [-0.4, -0.2) is 64.4 Å². The molecule has 1 aromatic heterocycles. The topological polar surface area (TPSA) is 70.4 Å². The van der Waals surface area contributed by atoms with Crippen LogP contribution in [-0.2, 0) is 13.0 Å². The Kier molecular flexibility index (Phi) is 10.2. The molecule has 0 bridgehead atoms. The maximum absolute atomic E-state index is 4.90. The molecule has 0 aromatic carbocycles. The van der Waals surface area contributed by atoms with Gasteiger partial charge in [-0.1, -0.05) is 40.0 Å². The lowest BCUT2D eigenvalue weighted by atomic mass is 10.2. The number of unbranched alkanes of at least 4 members (excludes halogenated alkanes) is 3. The summed E-state index contributed by atoms with van der Waals surface area (Å²) < 4.78 is 2.11. The van der Waals surface area contributed by atoms with Crippen LogP contribution in [0.1, 0.15) is 65.1 Å². The first kappa shape index (κ1) is 21.7. The highest BCUT2D eigenvalue weighted by molar-refractivity contribution is 5.79. The van der Waals surface area contributed by atoms with Crippen LogP contribution in [0.2, 0.25) is 0 Å². The van der Waals surface area contributed by atoms with Gasteiger partial charge in [0.05, 0.1) is 6.54 Å². The van der Waals surface area contributed by atoms with Crippen molar-refractivity contribution in [1.82, 2.24) is 30.3 Å². The zero-order valence-corrected chi connectivity index (χ0v) is 17.6. The van der Waals surface area contributed by atoms with Gasteiger partial charge in [0.25, 0.3) is 0 Å². The fraction of sp³-hybridized carbons (Fsp3) is 0.850. The number of guanidine groups is 1. The zero-order valence-electron chi connectivity index (χ0n) is 17.6. The molecule has 1 fully saturated rings. The van der Waals surface area contributed by atoms with Gasteiger partial charge in [0.2, 0.25) is 0 Å². The first-order valence-electron chi connectivity index (χ1n) is 10.9. The van der Waals surface area contributed by atoms with Crippen molar-refractivity contribution in [2.45, 2.75) is 78.3 Å². The second-order valence-electron chi connectivity index (χ2n) is 7.32. The number of aryl methyl sites for hydroxylation is 1. The van der Waals surface area contributed by atoms with Gasteiger partial charge in [0, 0.05) is 32.1 Å². The average Bonchev–Trinajstić information content (AvgIpc) is 3.33. The van der Waals surface area contributed by atoms with Crippen molar-refractivity contribution in [2.75, 3.05) is 32.7 Å². The summed E-state index contributed by atoms with van der Waals surface area (Å²) in [5.41, 5.74) is 0. The molecule has 0 aliphatic carbocycles. The summed E-state index contributed by atoms with van der Waals surface area (Å²) in [6, 6.07) is 0.596. The Hall–Kier alpha value is -1.63. The van der Waals surface area contributed by atoms with Gasteiger partial charge >= 0.3 is 0 Å². The first-order chi connectivity index (χ1) is 13.3. The van der Waals surface area contributed by atoms with E-state index in [2.05, 4.69) is 51.1 Å². The number of hydrogen-bond acceptors (Lipinski definition) is 4. The Morgan fingerprint density at radius 3 is 2.81 bits per heavy atom. The minimum absolute atomic E-state index is 0.596. The van der Waals surface area contributed by atoms with Crippen LogP contribution in [0, 0.1) is 0 Å². The highest BCUT2D eigenvalue weighted by atomic mass is 15.3. The highest BCUT2D eigenvalue weighted by Crippen LogP contribution is 2.16. The second-order valence-corrected chi connectivity index (χ2v) is 7.32. The number of likely N-dealkylation sites (N-methyl/N-ethyl adjacent to an activating group) is 1. The van der Waals surface area contributed by atoms with Crippen LogP contribution in [0.25, 0.3) is 0 Å². The predicted octanol–water partition coefficient (Wildman–Crippen LogP) is 2.44. The summed E-state index contributed by atoms with van der Waals surface area (Å²) in [6.07, 6.45) is 10.3. The molecule has 1 atom stereocenters. The fourth-order valence-electron chi connectivity index (χ4n) is 3.68. The minimum atomic E-state index is 0.596. The van der Waals surface area contributed by atoms with Crippen molar-refractivity contribution in [3.8, 4) is 0 Å². The van der Waals surface area contributed by atoms with E-state index in [9.17, 15) is 0 Å². The van der Waals surface area contributed by atoms with E-state index in [1.165, 1.54) is 45.1 Å². The summed E-state index contributed by atoms with van der Waals surface area (Å²) >= 11 is 0. The molecule has 0 radical (unpaired) electrons. The Morgan fingerprint density at radius 2 is 2.04 bits per heavy atom. The predicted molar refractivity (Wildman–Crippen MR) is 112 cm³/mol. The number of likely N-dealkylation sites (tertiary alicyclic amines) is 1. The number of nitrogens with zero attached hydrogens (tertiary/aromatic N) is 5. The lowest BCUT2D eigenvalue weighted by Crippen LogP contribution is -2.41. The molecule has 0 spiro atoms. The van der Waals surface area contributed by atoms with E-state index in [4.69, 9.17) is 4.99 Å².